The summed E-state index contributed by atoms with van der Waals surface area (Å²) >= 11 is 8.68. The first-order chi connectivity index (χ1) is 16.9. The molecule has 0 bridgehead atoms. The van der Waals surface area contributed by atoms with Gasteiger partial charge in [-0.1, -0.05) is 31.2 Å². The number of halogens is 1. The topological polar surface area (TPSA) is 64.7 Å². The zero-order valence-corrected chi connectivity index (χ0v) is 21.9. The summed E-state index contributed by atoms with van der Waals surface area (Å²) in [4.78, 5) is 29.4. The molecule has 0 aromatic heterocycles. The van der Waals surface area contributed by atoms with Crippen LogP contribution in [0.4, 0.5) is 11.4 Å². The summed E-state index contributed by atoms with van der Waals surface area (Å²) in [7, 11) is 0. The van der Waals surface area contributed by atoms with Crippen molar-refractivity contribution in [2.45, 2.75) is 13.3 Å². The smallest absolute Gasteiger partial charge is 0.258 e. The molecule has 1 aliphatic rings. The first-order valence-electron chi connectivity index (χ1n) is 11.5. The second kappa shape index (κ2) is 11.5. The SMILES string of the molecule is CCc1ccc(C(=O)N2CCN(c3ccc(NC(=S)NC(=O)c4ccccc4Br)cc3)CC2)cc1. The molecule has 1 saturated heterocycles. The number of piperazine rings is 1. The van der Waals surface area contributed by atoms with E-state index in [1.807, 2.05) is 65.6 Å². The van der Waals surface area contributed by atoms with Crippen molar-refractivity contribution in [3.8, 4) is 0 Å². The van der Waals surface area contributed by atoms with Gasteiger partial charge >= 0.3 is 0 Å². The van der Waals surface area contributed by atoms with Gasteiger partial charge in [0, 0.05) is 47.6 Å². The number of carbonyl (C=O) groups excluding carboxylic acids is 2. The van der Waals surface area contributed by atoms with E-state index in [1.54, 1.807) is 12.1 Å². The van der Waals surface area contributed by atoms with E-state index >= 15 is 0 Å². The summed E-state index contributed by atoms with van der Waals surface area (Å²) in [5, 5.41) is 5.99. The summed E-state index contributed by atoms with van der Waals surface area (Å²) < 4.78 is 0.709. The average Bonchev–Trinajstić information content (AvgIpc) is 2.89. The van der Waals surface area contributed by atoms with Gasteiger partial charge in [-0.3, -0.25) is 14.9 Å². The van der Waals surface area contributed by atoms with Crippen molar-refractivity contribution >= 4 is 56.4 Å². The number of nitrogens with zero attached hydrogens (tertiary/aromatic N) is 2. The van der Waals surface area contributed by atoms with E-state index in [4.69, 9.17) is 12.2 Å². The molecule has 180 valence electrons. The molecule has 2 N–H and O–H groups in total. The van der Waals surface area contributed by atoms with Gasteiger partial charge in [0.25, 0.3) is 11.8 Å². The number of anilines is 2. The van der Waals surface area contributed by atoms with Gasteiger partial charge in [-0.25, -0.2) is 0 Å². The minimum Gasteiger partial charge on any atom is -0.368 e. The predicted octanol–water partition coefficient (Wildman–Crippen LogP) is 5.10. The fraction of sp³-hybridized carbons (Fsp3) is 0.222. The fourth-order valence-electron chi connectivity index (χ4n) is 3.97. The number of amides is 2. The highest BCUT2D eigenvalue weighted by atomic mass is 79.9. The normalized spacial score (nSPS) is 13.3. The number of carbonyl (C=O) groups is 2. The van der Waals surface area contributed by atoms with E-state index < -0.39 is 0 Å². The van der Waals surface area contributed by atoms with Crippen LogP contribution in [0.3, 0.4) is 0 Å². The number of aryl methyl sites for hydroxylation is 1. The van der Waals surface area contributed by atoms with Gasteiger partial charge in [-0.2, -0.15) is 0 Å². The summed E-state index contributed by atoms with van der Waals surface area (Å²) in [6.07, 6.45) is 0.966. The highest BCUT2D eigenvalue weighted by Gasteiger charge is 2.22. The molecule has 0 unspecified atom stereocenters. The Morgan fingerprint density at radius 1 is 0.914 bits per heavy atom. The maximum Gasteiger partial charge on any atom is 0.258 e. The van der Waals surface area contributed by atoms with E-state index in [-0.39, 0.29) is 16.9 Å². The van der Waals surface area contributed by atoms with Crippen LogP contribution in [0.1, 0.15) is 33.2 Å². The molecule has 0 aliphatic carbocycles. The van der Waals surface area contributed by atoms with Crippen LogP contribution in [-0.4, -0.2) is 48.0 Å². The summed E-state index contributed by atoms with van der Waals surface area (Å²) in [6, 6.07) is 23.0. The second-order valence-electron chi connectivity index (χ2n) is 8.26. The lowest BCUT2D eigenvalue weighted by atomic mass is 10.1. The van der Waals surface area contributed by atoms with E-state index in [0.717, 1.165) is 36.4 Å². The summed E-state index contributed by atoms with van der Waals surface area (Å²) in [5.41, 5.74) is 4.36. The lowest BCUT2D eigenvalue weighted by Crippen LogP contribution is -2.48. The largest absolute Gasteiger partial charge is 0.368 e. The number of rotatable bonds is 5. The van der Waals surface area contributed by atoms with Gasteiger partial charge < -0.3 is 15.1 Å². The highest BCUT2D eigenvalue weighted by molar-refractivity contribution is 9.10. The van der Waals surface area contributed by atoms with Gasteiger partial charge in [0.2, 0.25) is 0 Å². The van der Waals surface area contributed by atoms with Gasteiger partial charge in [0.15, 0.2) is 5.11 Å². The molecule has 2 amide bonds. The van der Waals surface area contributed by atoms with Crippen molar-refractivity contribution in [2.75, 3.05) is 36.4 Å². The molecular weight excluding hydrogens is 524 g/mol. The van der Waals surface area contributed by atoms with Crippen LogP contribution in [0, 0.1) is 0 Å². The monoisotopic (exact) mass is 550 g/mol. The number of hydrogen-bond acceptors (Lipinski definition) is 4. The van der Waals surface area contributed by atoms with Crippen molar-refractivity contribution < 1.29 is 9.59 Å². The van der Waals surface area contributed by atoms with Crippen molar-refractivity contribution in [3.63, 3.8) is 0 Å². The Labute approximate surface area is 219 Å². The van der Waals surface area contributed by atoms with Crippen LogP contribution in [-0.2, 0) is 6.42 Å². The van der Waals surface area contributed by atoms with Crippen LogP contribution < -0.4 is 15.5 Å². The van der Waals surface area contributed by atoms with Gasteiger partial charge in [-0.15, -0.1) is 0 Å². The van der Waals surface area contributed by atoms with E-state index in [9.17, 15) is 9.59 Å². The zero-order valence-electron chi connectivity index (χ0n) is 19.5. The molecular formula is C27H27BrN4O2S. The molecule has 8 heteroatoms. The molecule has 4 rings (SSSR count). The van der Waals surface area contributed by atoms with E-state index in [2.05, 4.69) is 38.4 Å². The molecule has 1 fully saturated rings. The minimum atomic E-state index is -0.277. The standard InChI is InChI=1S/C27H27BrN4O2S/c1-2-19-7-9-20(10-8-19)26(34)32-17-15-31(16-18-32)22-13-11-21(12-14-22)29-27(35)30-25(33)23-5-3-4-6-24(23)28/h3-14H,2,15-18H2,1H3,(H2,29,30,33,35). The summed E-state index contributed by atoms with van der Waals surface area (Å²) in [6.45, 7) is 5.01. The molecule has 0 spiro atoms. The molecule has 0 saturated carbocycles. The van der Waals surface area contributed by atoms with Gasteiger partial charge in [0.1, 0.15) is 0 Å². The molecule has 0 atom stereocenters. The Kier molecular flexibility index (Phi) is 8.15. The van der Waals surface area contributed by atoms with Gasteiger partial charge in [-0.05, 0) is 88.7 Å². The maximum absolute atomic E-state index is 12.8. The molecule has 6 nitrogen and oxygen atoms in total. The average molecular weight is 552 g/mol. The number of nitrogens with one attached hydrogen (secondary N) is 2. The number of thiocarbonyl (C=S) groups is 1. The first-order valence-corrected chi connectivity index (χ1v) is 12.7. The molecule has 35 heavy (non-hydrogen) atoms. The predicted molar refractivity (Wildman–Crippen MR) is 148 cm³/mol. The van der Waals surface area contributed by atoms with E-state index in [1.165, 1.54) is 5.56 Å². The van der Waals surface area contributed by atoms with Crippen LogP contribution >= 0.6 is 28.1 Å². The molecule has 3 aromatic rings. The molecule has 0 radical (unpaired) electrons. The third kappa shape index (κ3) is 6.26. The third-order valence-corrected chi connectivity index (χ3v) is 6.91. The highest BCUT2D eigenvalue weighted by Crippen LogP contribution is 2.21. The second-order valence-corrected chi connectivity index (χ2v) is 9.53. The summed E-state index contributed by atoms with van der Waals surface area (Å²) in [5.74, 6) is -0.190. The zero-order chi connectivity index (χ0) is 24.8. The van der Waals surface area contributed by atoms with Gasteiger partial charge in [0.05, 0.1) is 5.56 Å². The van der Waals surface area contributed by atoms with Crippen molar-refractivity contribution in [3.05, 3.63) is 94.0 Å². The Bertz CT molecular complexity index is 1210. The van der Waals surface area contributed by atoms with Crippen LogP contribution in [0.5, 0.6) is 0 Å². The Morgan fingerprint density at radius 3 is 2.20 bits per heavy atom. The third-order valence-electron chi connectivity index (χ3n) is 6.01. The first kappa shape index (κ1) is 24.9. The van der Waals surface area contributed by atoms with Crippen LogP contribution in [0.25, 0.3) is 0 Å². The van der Waals surface area contributed by atoms with Crippen molar-refractivity contribution in [2.24, 2.45) is 0 Å². The van der Waals surface area contributed by atoms with E-state index in [0.29, 0.717) is 23.1 Å². The number of hydrogen-bond donors (Lipinski definition) is 2. The lowest BCUT2D eigenvalue weighted by molar-refractivity contribution is 0.0746. The molecule has 1 heterocycles. The van der Waals surface area contributed by atoms with Crippen LogP contribution in [0.2, 0.25) is 0 Å². The Morgan fingerprint density at radius 2 is 1.57 bits per heavy atom. The molecule has 3 aromatic carbocycles. The van der Waals surface area contributed by atoms with Crippen LogP contribution in [0.15, 0.2) is 77.3 Å². The fourth-order valence-corrected chi connectivity index (χ4v) is 4.64. The maximum atomic E-state index is 12.8. The lowest BCUT2D eigenvalue weighted by Gasteiger charge is -2.36. The van der Waals surface area contributed by atoms with Crippen molar-refractivity contribution in [1.82, 2.24) is 10.2 Å². The minimum absolute atomic E-state index is 0.0879. The van der Waals surface area contributed by atoms with Crippen molar-refractivity contribution in [1.29, 1.82) is 0 Å². The Balaban J connectivity index is 1.28. The quantitative estimate of drug-likeness (QED) is 0.432. The molecule has 1 aliphatic heterocycles. The number of benzene rings is 3. The Hall–Kier alpha value is -3.23.